The standard InChI is InChI=1S/C13H11NSe/c1-2-7-12(8-3-1)14-10-11-6-4-5-9-13(11)15-14/h1-9H,10H2. The molecule has 0 saturated carbocycles. The molecule has 15 heavy (non-hydrogen) atoms. The third-order valence-corrected chi connectivity index (χ3v) is 4.96. The Morgan fingerprint density at radius 2 is 1.60 bits per heavy atom. The summed E-state index contributed by atoms with van der Waals surface area (Å²) in [6.07, 6.45) is 0. The van der Waals surface area contributed by atoms with Crippen LogP contribution in [-0.2, 0) is 6.54 Å². The summed E-state index contributed by atoms with van der Waals surface area (Å²) >= 11 is 0.456. The molecule has 0 fully saturated rings. The Balaban J connectivity index is 1.91. The predicted molar refractivity (Wildman–Crippen MR) is 64.5 cm³/mol. The van der Waals surface area contributed by atoms with Crippen molar-refractivity contribution in [1.29, 1.82) is 0 Å². The van der Waals surface area contributed by atoms with E-state index in [0.29, 0.717) is 15.2 Å². The third kappa shape index (κ3) is 1.67. The fourth-order valence-corrected chi connectivity index (χ4v) is 3.99. The molecule has 0 radical (unpaired) electrons. The first-order valence-electron chi connectivity index (χ1n) is 5.02. The Kier molecular flexibility index (Phi) is 2.24. The second kappa shape index (κ2) is 3.73. The van der Waals surface area contributed by atoms with E-state index in [4.69, 9.17) is 0 Å². The second-order valence-electron chi connectivity index (χ2n) is 3.57. The molecule has 0 unspecified atom stereocenters. The van der Waals surface area contributed by atoms with Gasteiger partial charge in [-0.1, -0.05) is 0 Å². The van der Waals surface area contributed by atoms with E-state index in [0.717, 1.165) is 6.54 Å². The number of para-hydroxylation sites is 1. The van der Waals surface area contributed by atoms with Crippen LogP contribution >= 0.6 is 0 Å². The van der Waals surface area contributed by atoms with Crippen LogP contribution in [0.5, 0.6) is 0 Å². The fourth-order valence-electron chi connectivity index (χ4n) is 1.77. The molecule has 0 N–H and O–H groups in total. The van der Waals surface area contributed by atoms with Crippen molar-refractivity contribution in [3.8, 4) is 0 Å². The van der Waals surface area contributed by atoms with Crippen LogP contribution in [0.2, 0.25) is 0 Å². The molecule has 74 valence electrons. The number of anilines is 1. The van der Waals surface area contributed by atoms with Crippen LogP contribution in [0.4, 0.5) is 5.69 Å². The minimum absolute atomic E-state index is 0.456. The molecule has 1 nitrogen and oxygen atoms in total. The molecule has 0 atom stereocenters. The van der Waals surface area contributed by atoms with E-state index in [1.54, 1.807) is 0 Å². The Morgan fingerprint density at radius 1 is 0.867 bits per heavy atom. The number of nitrogens with zero attached hydrogens (tertiary/aromatic N) is 1. The molecule has 2 heteroatoms. The number of hydrogen-bond acceptors (Lipinski definition) is 1. The second-order valence-corrected chi connectivity index (χ2v) is 5.80. The van der Waals surface area contributed by atoms with Crippen molar-refractivity contribution in [2.24, 2.45) is 0 Å². The van der Waals surface area contributed by atoms with Gasteiger partial charge in [0.2, 0.25) is 0 Å². The maximum atomic E-state index is 2.47. The molecule has 1 aliphatic rings. The van der Waals surface area contributed by atoms with E-state index in [1.165, 1.54) is 15.7 Å². The molecule has 1 heterocycles. The van der Waals surface area contributed by atoms with E-state index in [1.807, 2.05) is 0 Å². The van der Waals surface area contributed by atoms with Crippen LogP contribution in [0.15, 0.2) is 54.6 Å². The summed E-state index contributed by atoms with van der Waals surface area (Å²) in [5.41, 5.74) is 2.83. The molecular formula is C13H11NSe. The summed E-state index contributed by atoms with van der Waals surface area (Å²) in [6, 6.07) is 19.4. The van der Waals surface area contributed by atoms with Crippen molar-refractivity contribution >= 4 is 25.3 Å². The summed E-state index contributed by atoms with van der Waals surface area (Å²) < 4.78 is 3.99. The molecule has 1 aliphatic heterocycles. The average molecular weight is 260 g/mol. The van der Waals surface area contributed by atoms with E-state index >= 15 is 0 Å². The first-order chi connectivity index (χ1) is 7.43. The van der Waals surface area contributed by atoms with Gasteiger partial charge < -0.3 is 0 Å². The van der Waals surface area contributed by atoms with Crippen molar-refractivity contribution in [3.63, 3.8) is 0 Å². The van der Waals surface area contributed by atoms with Gasteiger partial charge in [0.1, 0.15) is 0 Å². The number of rotatable bonds is 1. The molecule has 3 rings (SSSR count). The summed E-state index contributed by atoms with van der Waals surface area (Å²) in [5.74, 6) is 0. The molecule has 0 spiro atoms. The SMILES string of the molecule is c1ccc(N2Cc3ccccc3[Se]2)cc1. The van der Waals surface area contributed by atoms with Crippen LogP contribution in [0.3, 0.4) is 0 Å². The molecule has 0 aromatic heterocycles. The molecule has 2 aromatic carbocycles. The Bertz CT molecular complexity index is 442. The quantitative estimate of drug-likeness (QED) is 0.708. The van der Waals surface area contributed by atoms with Gasteiger partial charge in [-0.2, -0.15) is 0 Å². The Hall–Kier alpha value is -1.24. The van der Waals surface area contributed by atoms with Crippen molar-refractivity contribution in [1.82, 2.24) is 0 Å². The van der Waals surface area contributed by atoms with Gasteiger partial charge >= 0.3 is 95.9 Å². The van der Waals surface area contributed by atoms with Gasteiger partial charge in [0, 0.05) is 0 Å². The topological polar surface area (TPSA) is 3.24 Å². The van der Waals surface area contributed by atoms with Crippen molar-refractivity contribution < 1.29 is 0 Å². The number of benzene rings is 2. The monoisotopic (exact) mass is 261 g/mol. The zero-order valence-electron chi connectivity index (χ0n) is 8.26. The molecule has 0 saturated heterocycles. The van der Waals surface area contributed by atoms with E-state index in [9.17, 15) is 0 Å². The molecule has 0 amide bonds. The van der Waals surface area contributed by atoms with Crippen molar-refractivity contribution in [2.75, 3.05) is 3.92 Å². The summed E-state index contributed by atoms with van der Waals surface area (Å²) in [4.78, 5) is 0. The van der Waals surface area contributed by atoms with E-state index < -0.39 is 0 Å². The van der Waals surface area contributed by atoms with Crippen LogP contribution in [0, 0.1) is 0 Å². The molecular weight excluding hydrogens is 249 g/mol. The van der Waals surface area contributed by atoms with Gasteiger partial charge in [0.15, 0.2) is 0 Å². The first-order valence-corrected chi connectivity index (χ1v) is 6.64. The normalized spacial score (nSPS) is 14.0. The summed E-state index contributed by atoms with van der Waals surface area (Å²) in [7, 11) is 0. The Labute approximate surface area is 96.1 Å². The fraction of sp³-hybridized carbons (Fsp3) is 0.0769. The van der Waals surface area contributed by atoms with Crippen LogP contribution in [0.1, 0.15) is 5.56 Å². The van der Waals surface area contributed by atoms with Gasteiger partial charge in [-0.3, -0.25) is 0 Å². The van der Waals surface area contributed by atoms with Gasteiger partial charge in [-0.25, -0.2) is 0 Å². The minimum atomic E-state index is 0.456. The number of fused-ring (bicyclic) bond motifs is 1. The molecule has 0 aliphatic carbocycles. The Morgan fingerprint density at radius 3 is 2.40 bits per heavy atom. The van der Waals surface area contributed by atoms with Crippen molar-refractivity contribution in [2.45, 2.75) is 6.54 Å². The maximum absolute atomic E-state index is 2.47. The van der Waals surface area contributed by atoms with E-state index in [2.05, 4.69) is 58.5 Å². The van der Waals surface area contributed by atoms with Gasteiger partial charge in [-0.15, -0.1) is 0 Å². The molecule has 2 aromatic rings. The van der Waals surface area contributed by atoms with E-state index in [-0.39, 0.29) is 0 Å². The van der Waals surface area contributed by atoms with Crippen LogP contribution < -0.4 is 8.38 Å². The number of hydrogen-bond donors (Lipinski definition) is 0. The zero-order chi connectivity index (χ0) is 10.1. The first kappa shape index (κ1) is 9.02. The van der Waals surface area contributed by atoms with Gasteiger partial charge in [-0.05, 0) is 0 Å². The van der Waals surface area contributed by atoms with Crippen molar-refractivity contribution in [3.05, 3.63) is 60.2 Å². The summed E-state index contributed by atoms with van der Waals surface area (Å²) in [6.45, 7) is 1.07. The third-order valence-electron chi connectivity index (χ3n) is 2.54. The molecule has 0 bridgehead atoms. The zero-order valence-corrected chi connectivity index (χ0v) is 9.97. The van der Waals surface area contributed by atoms with Crippen LogP contribution in [0.25, 0.3) is 0 Å². The summed E-state index contributed by atoms with van der Waals surface area (Å²) in [5, 5.41) is 0. The van der Waals surface area contributed by atoms with Gasteiger partial charge in [0.05, 0.1) is 0 Å². The van der Waals surface area contributed by atoms with Crippen LogP contribution in [-0.4, -0.2) is 15.2 Å². The van der Waals surface area contributed by atoms with Gasteiger partial charge in [0.25, 0.3) is 0 Å². The average Bonchev–Trinajstić information content (AvgIpc) is 2.74. The predicted octanol–water partition coefficient (Wildman–Crippen LogP) is 1.95.